The molecule has 0 spiro atoms. The molecule has 3 heteroatoms. The van der Waals surface area contributed by atoms with Crippen LogP contribution in [0.2, 0.25) is 0 Å². The monoisotopic (exact) mass is 209 g/mol. The minimum Gasteiger partial charge on any atom is -0.281 e. The number of para-hydroxylation sites is 1. The van der Waals surface area contributed by atoms with Gasteiger partial charge in [0.25, 0.3) is 0 Å². The molecule has 0 aliphatic heterocycles. The maximum atomic E-state index is 9.03. The third kappa shape index (κ3) is 0.746. The van der Waals surface area contributed by atoms with Gasteiger partial charge < -0.3 is 0 Å². The lowest BCUT2D eigenvalue weighted by Crippen LogP contribution is -2.63. The fourth-order valence-corrected chi connectivity index (χ4v) is 3.53. The normalized spacial score (nSPS) is 35.2. The molecule has 0 atom stereocenters. The minimum absolute atomic E-state index is 0.00616. The molecule has 5 rings (SSSR count). The highest BCUT2D eigenvalue weighted by Gasteiger charge is 2.70. The standard InChI is InChI=1S/C13H11N3/c14-8-12-5-13(6-12,7-12)11-9-3-1-2-4-10(9)15-16-11/h1-4H,5-7H2,(H,15,16). The van der Waals surface area contributed by atoms with Crippen LogP contribution in [0.25, 0.3) is 10.9 Å². The van der Waals surface area contributed by atoms with E-state index in [1.54, 1.807) is 0 Å². The summed E-state index contributed by atoms with van der Waals surface area (Å²) in [4.78, 5) is 0. The molecule has 2 aromatic rings. The van der Waals surface area contributed by atoms with E-state index in [4.69, 9.17) is 5.26 Å². The molecule has 16 heavy (non-hydrogen) atoms. The summed E-state index contributed by atoms with van der Waals surface area (Å²) in [6.45, 7) is 0. The second-order valence-corrected chi connectivity index (χ2v) is 5.32. The number of H-pyrrole nitrogens is 1. The van der Waals surface area contributed by atoms with Crippen LogP contribution in [0.15, 0.2) is 24.3 Å². The van der Waals surface area contributed by atoms with Gasteiger partial charge in [0.15, 0.2) is 0 Å². The first-order valence-electron chi connectivity index (χ1n) is 5.62. The van der Waals surface area contributed by atoms with Gasteiger partial charge in [0.1, 0.15) is 0 Å². The molecule has 1 heterocycles. The van der Waals surface area contributed by atoms with E-state index in [0.717, 1.165) is 24.8 Å². The van der Waals surface area contributed by atoms with Crippen LogP contribution in [0.5, 0.6) is 0 Å². The second-order valence-electron chi connectivity index (χ2n) is 5.32. The first-order valence-corrected chi connectivity index (χ1v) is 5.62. The van der Waals surface area contributed by atoms with Crippen molar-refractivity contribution in [2.75, 3.05) is 0 Å². The van der Waals surface area contributed by atoms with Crippen LogP contribution in [-0.4, -0.2) is 10.2 Å². The number of hydrogen-bond acceptors (Lipinski definition) is 2. The van der Waals surface area contributed by atoms with Gasteiger partial charge in [-0.3, -0.25) is 5.10 Å². The summed E-state index contributed by atoms with van der Waals surface area (Å²) in [5.74, 6) is 0. The van der Waals surface area contributed by atoms with Gasteiger partial charge in [-0.05, 0) is 25.3 Å². The third-order valence-corrected chi connectivity index (χ3v) is 4.26. The van der Waals surface area contributed by atoms with Crippen LogP contribution in [0, 0.1) is 16.7 Å². The molecule has 2 bridgehead atoms. The topological polar surface area (TPSA) is 52.5 Å². The van der Waals surface area contributed by atoms with Crippen molar-refractivity contribution in [1.82, 2.24) is 10.2 Å². The third-order valence-electron chi connectivity index (χ3n) is 4.26. The number of nitrogens with one attached hydrogen (secondary N) is 1. The van der Waals surface area contributed by atoms with Crippen molar-refractivity contribution < 1.29 is 0 Å². The molecule has 3 nitrogen and oxygen atoms in total. The maximum absolute atomic E-state index is 9.03. The van der Waals surface area contributed by atoms with Gasteiger partial charge in [-0.1, -0.05) is 18.2 Å². The van der Waals surface area contributed by atoms with E-state index >= 15 is 0 Å². The average molecular weight is 209 g/mol. The lowest BCUT2D eigenvalue weighted by atomic mass is 9.34. The predicted octanol–water partition coefficient (Wildman–Crippen LogP) is 2.51. The summed E-state index contributed by atoms with van der Waals surface area (Å²) >= 11 is 0. The molecule has 1 N–H and O–H groups in total. The number of benzene rings is 1. The van der Waals surface area contributed by atoms with E-state index in [0.29, 0.717) is 0 Å². The Morgan fingerprint density at radius 2 is 2.00 bits per heavy atom. The van der Waals surface area contributed by atoms with E-state index in [1.807, 2.05) is 18.2 Å². The molecule has 3 saturated carbocycles. The summed E-state index contributed by atoms with van der Waals surface area (Å²) in [6.07, 6.45) is 3.05. The Morgan fingerprint density at radius 1 is 1.25 bits per heavy atom. The van der Waals surface area contributed by atoms with Gasteiger partial charge in [0, 0.05) is 16.5 Å². The predicted molar refractivity (Wildman–Crippen MR) is 59.7 cm³/mol. The number of aromatic nitrogens is 2. The Bertz CT molecular complexity index is 612. The zero-order valence-corrected chi connectivity index (χ0v) is 8.83. The number of aromatic amines is 1. The number of rotatable bonds is 1. The largest absolute Gasteiger partial charge is 0.281 e. The van der Waals surface area contributed by atoms with Crippen LogP contribution in [0.3, 0.4) is 0 Å². The summed E-state index contributed by atoms with van der Waals surface area (Å²) < 4.78 is 0. The van der Waals surface area contributed by atoms with Crippen molar-refractivity contribution in [2.24, 2.45) is 5.41 Å². The van der Waals surface area contributed by atoms with Crippen molar-refractivity contribution in [2.45, 2.75) is 24.7 Å². The van der Waals surface area contributed by atoms with E-state index in [2.05, 4.69) is 22.3 Å². The van der Waals surface area contributed by atoms with Crippen LogP contribution in [-0.2, 0) is 5.41 Å². The van der Waals surface area contributed by atoms with E-state index < -0.39 is 0 Å². The number of nitrogens with zero attached hydrogens (tertiary/aromatic N) is 2. The quantitative estimate of drug-likeness (QED) is 0.784. The van der Waals surface area contributed by atoms with Gasteiger partial charge in [0.05, 0.1) is 17.0 Å². The van der Waals surface area contributed by atoms with Gasteiger partial charge in [-0.25, -0.2) is 0 Å². The summed E-state index contributed by atoms with van der Waals surface area (Å²) in [5.41, 5.74) is 2.53. The van der Waals surface area contributed by atoms with Gasteiger partial charge in [0.2, 0.25) is 0 Å². The minimum atomic E-state index is 0.00616. The van der Waals surface area contributed by atoms with Gasteiger partial charge >= 0.3 is 0 Å². The smallest absolute Gasteiger partial charge is 0.0923 e. The Labute approximate surface area is 93.1 Å². The highest BCUT2D eigenvalue weighted by Crippen LogP contribution is 2.73. The fraction of sp³-hybridized carbons (Fsp3) is 0.385. The summed E-state index contributed by atoms with van der Waals surface area (Å²) in [5, 5.41) is 17.8. The molecular formula is C13H11N3. The highest BCUT2D eigenvalue weighted by molar-refractivity contribution is 5.83. The lowest BCUT2D eigenvalue weighted by molar-refractivity contribution is -0.0947. The molecule has 1 aromatic heterocycles. The van der Waals surface area contributed by atoms with E-state index in [9.17, 15) is 0 Å². The van der Waals surface area contributed by atoms with E-state index in [-0.39, 0.29) is 10.8 Å². The van der Waals surface area contributed by atoms with Crippen molar-refractivity contribution in [3.8, 4) is 6.07 Å². The summed E-state index contributed by atoms with van der Waals surface area (Å²) in [6, 6.07) is 10.6. The van der Waals surface area contributed by atoms with Crippen molar-refractivity contribution >= 4 is 10.9 Å². The van der Waals surface area contributed by atoms with Crippen LogP contribution in [0.1, 0.15) is 25.0 Å². The second kappa shape index (κ2) is 2.30. The first kappa shape index (κ1) is 8.35. The molecule has 78 valence electrons. The highest BCUT2D eigenvalue weighted by atomic mass is 15.1. The lowest BCUT2D eigenvalue weighted by Gasteiger charge is -2.66. The van der Waals surface area contributed by atoms with Crippen molar-refractivity contribution in [3.05, 3.63) is 30.0 Å². The Morgan fingerprint density at radius 3 is 2.75 bits per heavy atom. The van der Waals surface area contributed by atoms with Crippen LogP contribution < -0.4 is 0 Å². The molecule has 0 unspecified atom stereocenters. The number of hydrogen-bond donors (Lipinski definition) is 1. The Hall–Kier alpha value is -1.82. The maximum Gasteiger partial charge on any atom is 0.0923 e. The van der Waals surface area contributed by atoms with Crippen LogP contribution >= 0.6 is 0 Å². The number of fused-ring (bicyclic) bond motifs is 1. The van der Waals surface area contributed by atoms with Crippen molar-refractivity contribution in [3.63, 3.8) is 0 Å². The molecule has 1 aromatic carbocycles. The molecule has 3 aliphatic carbocycles. The molecule has 0 amide bonds. The van der Waals surface area contributed by atoms with Gasteiger partial charge in [-0.15, -0.1) is 0 Å². The molecular weight excluding hydrogens is 198 g/mol. The molecule has 0 radical (unpaired) electrons. The zero-order chi connectivity index (χ0) is 10.8. The fourth-order valence-electron chi connectivity index (χ4n) is 3.53. The SMILES string of the molecule is N#CC12CC(c3[nH]nc4ccccc34)(C1)C2. The van der Waals surface area contributed by atoms with Gasteiger partial charge in [-0.2, -0.15) is 10.4 Å². The number of nitriles is 1. The summed E-state index contributed by atoms with van der Waals surface area (Å²) in [7, 11) is 0. The van der Waals surface area contributed by atoms with Crippen molar-refractivity contribution in [1.29, 1.82) is 5.26 Å². The Balaban J connectivity index is 1.83. The van der Waals surface area contributed by atoms with E-state index in [1.165, 1.54) is 11.1 Å². The first-order chi connectivity index (χ1) is 7.77. The molecule has 3 aliphatic rings. The van der Waals surface area contributed by atoms with Crippen LogP contribution in [0.4, 0.5) is 0 Å². The molecule has 0 saturated heterocycles. The Kier molecular flexibility index (Phi) is 1.20. The zero-order valence-electron chi connectivity index (χ0n) is 8.83. The molecule has 3 fully saturated rings. The average Bonchev–Trinajstić information content (AvgIpc) is 2.60.